The molecule has 0 spiro atoms. The predicted octanol–water partition coefficient (Wildman–Crippen LogP) is 2.05. The van der Waals surface area contributed by atoms with Gasteiger partial charge in [0.2, 0.25) is 5.89 Å². The van der Waals surface area contributed by atoms with Gasteiger partial charge in [0.15, 0.2) is 5.82 Å². The Hall–Kier alpha value is -0.650. The van der Waals surface area contributed by atoms with Gasteiger partial charge in [-0.3, -0.25) is 0 Å². The smallest absolute Gasteiger partial charge is 0.223 e. The van der Waals surface area contributed by atoms with Crippen molar-refractivity contribution >= 4 is 12.4 Å². The molecule has 0 amide bonds. The summed E-state index contributed by atoms with van der Waals surface area (Å²) in [4.78, 5) is 7.00. The van der Waals surface area contributed by atoms with Crippen LogP contribution in [0, 0.1) is 18.8 Å². The molecular formula is C15H27ClN4O. The summed E-state index contributed by atoms with van der Waals surface area (Å²) in [5.41, 5.74) is 0. The lowest BCUT2D eigenvalue weighted by molar-refractivity contribution is 0.138. The van der Waals surface area contributed by atoms with Gasteiger partial charge in [0.1, 0.15) is 0 Å². The van der Waals surface area contributed by atoms with Gasteiger partial charge < -0.3 is 14.7 Å². The van der Waals surface area contributed by atoms with E-state index in [1.807, 2.05) is 6.92 Å². The molecule has 2 fully saturated rings. The van der Waals surface area contributed by atoms with Crippen molar-refractivity contribution in [2.45, 2.75) is 39.0 Å². The van der Waals surface area contributed by atoms with Gasteiger partial charge in [-0.15, -0.1) is 12.4 Å². The molecule has 1 atom stereocenters. The summed E-state index contributed by atoms with van der Waals surface area (Å²) in [6.07, 6.45) is 6.26. The molecule has 1 unspecified atom stereocenters. The molecule has 1 aromatic heterocycles. The lowest BCUT2D eigenvalue weighted by Crippen LogP contribution is -2.41. The summed E-state index contributed by atoms with van der Waals surface area (Å²) in [5.74, 6) is 3.16. The fourth-order valence-electron chi connectivity index (χ4n) is 3.60. The monoisotopic (exact) mass is 314 g/mol. The van der Waals surface area contributed by atoms with Gasteiger partial charge in [-0.1, -0.05) is 5.16 Å². The minimum Gasteiger partial charge on any atom is -0.340 e. The van der Waals surface area contributed by atoms with Crippen LogP contribution in [0.25, 0.3) is 0 Å². The van der Waals surface area contributed by atoms with Gasteiger partial charge in [0, 0.05) is 26.4 Å². The maximum atomic E-state index is 5.07. The van der Waals surface area contributed by atoms with E-state index >= 15 is 0 Å². The van der Waals surface area contributed by atoms with Crippen LogP contribution in [0.3, 0.4) is 0 Å². The standard InChI is InChI=1S/C15H26N4O.ClH/c1-12-17-15(18-20-12)9-14-3-2-8-19(11-14)10-13-4-6-16-7-5-13;/h13-14,16H,2-11H2,1H3;1H. The van der Waals surface area contributed by atoms with Gasteiger partial charge in [0.05, 0.1) is 0 Å². The van der Waals surface area contributed by atoms with Gasteiger partial charge in [0.25, 0.3) is 0 Å². The second kappa shape index (κ2) is 8.11. The Labute approximate surface area is 133 Å². The highest BCUT2D eigenvalue weighted by atomic mass is 35.5. The molecule has 3 heterocycles. The van der Waals surface area contributed by atoms with E-state index in [0.717, 1.165) is 18.2 Å². The number of hydrogen-bond donors (Lipinski definition) is 1. The predicted molar refractivity (Wildman–Crippen MR) is 84.7 cm³/mol. The third-order valence-electron chi connectivity index (χ3n) is 4.62. The molecule has 3 rings (SSSR count). The Kier molecular flexibility index (Phi) is 6.45. The van der Waals surface area contributed by atoms with E-state index in [-0.39, 0.29) is 12.4 Å². The van der Waals surface area contributed by atoms with Crippen LogP contribution < -0.4 is 5.32 Å². The Morgan fingerprint density at radius 1 is 1.24 bits per heavy atom. The van der Waals surface area contributed by atoms with E-state index < -0.39 is 0 Å². The van der Waals surface area contributed by atoms with E-state index in [9.17, 15) is 0 Å². The highest BCUT2D eigenvalue weighted by Crippen LogP contribution is 2.22. The Balaban J connectivity index is 0.00000161. The Bertz CT molecular complexity index is 420. The molecule has 1 aromatic rings. The summed E-state index contributed by atoms with van der Waals surface area (Å²) < 4.78 is 5.07. The van der Waals surface area contributed by atoms with Crippen molar-refractivity contribution in [1.82, 2.24) is 20.4 Å². The van der Waals surface area contributed by atoms with Gasteiger partial charge in [-0.25, -0.2) is 0 Å². The van der Waals surface area contributed by atoms with E-state index in [0.29, 0.717) is 11.8 Å². The number of halogens is 1. The van der Waals surface area contributed by atoms with Crippen molar-refractivity contribution in [3.63, 3.8) is 0 Å². The molecule has 21 heavy (non-hydrogen) atoms. The van der Waals surface area contributed by atoms with E-state index in [1.54, 1.807) is 0 Å². The summed E-state index contributed by atoms with van der Waals surface area (Å²) >= 11 is 0. The molecule has 5 nitrogen and oxygen atoms in total. The topological polar surface area (TPSA) is 54.2 Å². The number of nitrogens with one attached hydrogen (secondary N) is 1. The van der Waals surface area contributed by atoms with Crippen molar-refractivity contribution in [3.05, 3.63) is 11.7 Å². The molecule has 1 N–H and O–H groups in total. The first-order chi connectivity index (χ1) is 9.79. The first-order valence-corrected chi connectivity index (χ1v) is 8.02. The molecule has 0 aromatic carbocycles. The normalized spacial score (nSPS) is 24.7. The van der Waals surface area contributed by atoms with Crippen LogP contribution >= 0.6 is 12.4 Å². The van der Waals surface area contributed by atoms with Gasteiger partial charge in [-0.05, 0) is 57.2 Å². The third-order valence-corrected chi connectivity index (χ3v) is 4.62. The van der Waals surface area contributed by atoms with Crippen molar-refractivity contribution < 1.29 is 4.52 Å². The Morgan fingerprint density at radius 3 is 2.76 bits per heavy atom. The highest BCUT2D eigenvalue weighted by Gasteiger charge is 2.24. The van der Waals surface area contributed by atoms with Crippen molar-refractivity contribution in [3.8, 4) is 0 Å². The first-order valence-electron chi connectivity index (χ1n) is 8.02. The van der Waals surface area contributed by atoms with Crippen LogP contribution in [-0.4, -0.2) is 47.8 Å². The molecule has 2 saturated heterocycles. The van der Waals surface area contributed by atoms with Crippen LogP contribution in [0.5, 0.6) is 0 Å². The molecule has 6 heteroatoms. The Morgan fingerprint density at radius 2 is 2.05 bits per heavy atom. The average molecular weight is 315 g/mol. The molecule has 120 valence electrons. The first kappa shape index (κ1) is 16.7. The highest BCUT2D eigenvalue weighted by molar-refractivity contribution is 5.85. The van der Waals surface area contributed by atoms with Crippen LogP contribution in [0.1, 0.15) is 37.4 Å². The van der Waals surface area contributed by atoms with Crippen molar-refractivity contribution in [1.29, 1.82) is 0 Å². The van der Waals surface area contributed by atoms with Gasteiger partial charge in [-0.2, -0.15) is 4.98 Å². The van der Waals surface area contributed by atoms with Crippen LogP contribution in [0.15, 0.2) is 4.52 Å². The second-order valence-corrected chi connectivity index (χ2v) is 6.39. The van der Waals surface area contributed by atoms with E-state index in [1.165, 1.54) is 58.4 Å². The zero-order valence-electron chi connectivity index (χ0n) is 12.9. The third kappa shape index (κ3) is 4.94. The summed E-state index contributed by atoms with van der Waals surface area (Å²) in [5, 5.41) is 7.49. The molecule has 0 saturated carbocycles. The molecule has 0 bridgehead atoms. The number of nitrogens with zero attached hydrogens (tertiary/aromatic N) is 3. The zero-order valence-corrected chi connectivity index (χ0v) is 13.7. The maximum absolute atomic E-state index is 5.07. The second-order valence-electron chi connectivity index (χ2n) is 6.39. The lowest BCUT2D eigenvalue weighted by atomic mass is 9.92. The van der Waals surface area contributed by atoms with Crippen molar-refractivity contribution in [2.24, 2.45) is 11.8 Å². The summed E-state index contributed by atoms with van der Waals surface area (Å²) in [7, 11) is 0. The molecule has 0 radical (unpaired) electrons. The number of piperidine rings is 2. The van der Waals surface area contributed by atoms with E-state index in [4.69, 9.17) is 4.52 Å². The largest absolute Gasteiger partial charge is 0.340 e. The SMILES string of the molecule is Cc1nc(CC2CCCN(CC3CCNCC3)C2)no1.Cl. The fourth-order valence-corrected chi connectivity index (χ4v) is 3.60. The van der Waals surface area contributed by atoms with Crippen molar-refractivity contribution in [2.75, 3.05) is 32.7 Å². The maximum Gasteiger partial charge on any atom is 0.223 e. The molecule has 0 aliphatic carbocycles. The minimum absolute atomic E-state index is 0. The summed E-state index contributed by atoms with van der Waals surface area (Å²) in [6, 6.07) is 0. The van der Waals surface area contributed by atoms with Gasteiger partial charge >= 0.3 is 0 Å². The van der Waals surface area contributed by atoms with Crippen LogP contribution in [-0.2, 0) is 6.42 Å². The fraction of sp³-hybridized carbons (Fsp3) is 0.867. The average Bonchev–Trinajstić information content (AvgIpc) is 2.86. The molecule has 2 aliphatic rings. The molecular weight excluding hydrogens is 288 g/mol. The number of rotatable bonds is 4. The lowest BCUT2D eigenvalue weighted by Gasteiger charge is -2.35. The molecule has 2 aliphatic heterocycles. The number of aryl methyl sites for hydroxylation is 1. The number of aromatic nitrogens is 2. The minimum atomic E-state index is 0. The summed E-state index contributed by atoms with van der Waals surface area (Å²) in [6.45, 7) is 8.02. The zero-order chi connectivity index (χ0) is 13.8. The van der Waals surface area contributed by atoms with Crippen LogP contribution in [0.2, 0.25) is 0 Å². The van der Waals surface area contributed by atoms with Crippen LogP contribution in [0.4, 0.5) is 0 Å². The number of likely N-dealkylation sites (tertiary alicyclic amines) is 1. The van der Waals surface area contributed by atoms with E-state index in [2.05, 4.69) is 20.4 Å². The quantitative estimate of drug-likeness (QED) is 0.922. The number of hydrogen-bond acceptors (Lipinski definition) is 5.